The summed E-state index contributed by atoms with van der Waals surface area (Å²) in [5.41, 5.74) is 4.97. The average molecular weight is 350 g/mol. The Kier molecular flexibility index (Phi) is 6.16. The summed E-state index contributed by atoms with van der Waals surface area (Å²) >= 11 is 2.88. The van der Waals surface area contributed by atoms with E-state index in [9.17, 15) is 14.5 Å². The summed E-state index contributed by atoms with van der Waals surface area (Å²) < 4.78 is 18.5. The number of amidine groups is 1. The van der Waals surface area contributed by atoms with Gasteiger partial charge >= 0.3 is 5.69 Å². The van der Waals surface area contributed by atoms with Gasteiger partial charge in [0.05, 0.1) is 16.0 Å². The number of ether oxygens (including phenoxy) is 1. The molecule has 0 amide bonds. The first-order valence-corrected chi connectivity index (χ1v) is 6.47. The molecule has 0 saturated heterocycles. The minimum absolute atomic E-state index is 0.00322. The minimum atomic E-state index is -0.643. The summed E-state index contributed by atoms with van der Waals surface area (Å²) in [4.78, 5) is 10.2. The third kappa shape index (κ3) is 4.65. The lowest BCUT2D eigenvalue weighted by Gasteiger charge is -2.07. The SMILES string of the molecule is N/C(CCCCOc1cc(F)c(Br)cc1[N+](=O)[O-])=N/O. The van der Waals surface area contributed by atoms with E-state index < -0.39 is 10.7 Å². The Hall–Kier alpha value is -1.90. The number of hydrogen-bond acceptors (Lipinski definition) is 5. The molecule has 3 N–H and O–H groups in total. The molecule has 0 bridgehead atoms. The molecule has 20 heavy (non-hydrogen) atoms. The Morgan fingerprint density at radius 2 is 2.25 bits per heavy atom. The molecule has 0 saturated carbocycles. The van der Waals surface area contributed by atoms with Gasteiger partial charge in [0.2, 0.25) is 0 Å². The molecule has 1 aromatic carbocycles. The molecule has 0 spiro atoms. The lowest BCUT2D eigenvalue weighted by atomic mass is 10.2. The number of hydrogen-bond donors (Lipinski definition) is 2. The molecule has 1 rings (SSSR count). The van der Waals surface area contributed by atoms with Crippen LogP contribution in [0.3, 0.4) is 0 Å². The number of unbranched alkanes of at least 4 members (excludes halogenated alkanes) is 1. The summed E-state index contributed by atoms with van der Waals surface area (Å²) in [5.74, 6) is -0.660. The molecule has 110 valence electrons. The topological polar surface area (TPSA) is 111 Å². The Morgan fingerprint density at radius 1 is 1.55 bits per heavy atom. The van der Waals surface area contributed by atoms with Crippen LogP contribution in [0.4, 0.5) is 10.1 Å². The molecule has 0 aliphatic heterocycles. The van der Waals surface area contributed by atoms with Gasteiger partial charge in [-0.05, 0) is 28.8 Å². The highest BCUT2D eigenvalue weighted by molar-refractivity contribution is 9.10. The third-order valence-electron chi connectivity index (χ3n) is 2.41. The second-order valence-corrected chi connectivity index (χ2v) is 4.74. The van der Waals surface area contributed by atoms with E-state index in [2.05, 4.69) is 21.1 Å². The zero-order valence-corrected chi connectivity index (χ0v) is 12.0. The zero-order chi connectivity index (χ0) is 15.1. The van der Waals surface area contributed by atoms with Gasteiger partial charge in [0.15, 0.2) is 5.75 Å². The first-order chi connectivity index (χ1) is 9.45. The zero-order valence-electron chi connectivity index (χ0n) is 10.4. The van der Waals surface area contributed by atoms with Crippen LogP contribution in [0.1, 0.15) is 19.3 Å². The van der Waals surface area contributed by atoms with Gasteiger partial charge in [0, 0.05) is 18.6 Å². The number of nitrogens with zero attached hydrogens (tertiary/aromatic N) is 2. The largest absolute Gasteiger partial charge is 0.487 e. The second kappa shape index (κ2) is 7.63. The van der Waals surface area contributed by atoms with Gasteiger partial charge in [-0.25, -0.2) is 4.39 Å². The van der Waals surface area contributed by atoms with E-state index >= 15 is 0 Å². The molecule has 0 fully saturated rings. The summed E-state index contributed by atoms with van der Waals surface area (Å²) in [6.45, 7) is 0.167. The smallest absolute Gasteiger partial charge is 0.312 e. The Morgan fingerprint density at radius 3 is 2.85 bits per heavy atom. The van der Waals surface area contributed by atoms with Crippen molar-refractivity contribution >= 4 is 27.5 Å². The van der Waals surface area contributed by atoms with Gasteiger partial charge in [-0.15, -0.1) is 0 Å². The lowest BCUT2D eigenvalue weighted by Crippen LogP contribution is -2.11. The number of benzene rings is 1. The normalized spacial score (nSPS) is 11.4. The predicted octanol–water partition coefficient (Wildman–Crippen LogP) is 2.79. The van der Waals surface area contributed by atoms with Crippen LogP contribution in [0, 0.1) is 15.9 Å². The standard InChI is InChI=1S/C11H13BrFN3O4/c12-7-5-9(16(18)19)10(6-8(7)13)20-4-2-1-3-11(14)15-17/h5-6,17H,1-4H2,(H2,14,15). The Labute approximate surface area is 122 Å². The van der Waals surface area contributed by atoms with E-state index in [1.54, 1.807) is 0 Å². The highest BCUT2D eigenvalue weighted by Crippen LogP contribution is 2.32. The Bertz CT molecular complexity index is 525. The molecule has 0 aromatic heterocycles. The van der Waals surface area contributed by atoms with E-state index in [0.29, 0.717) is 19.3 Å². The number of nitro benzene ring substituents is 1. The molecule has 1 aromatic rings. The number of rotatable bonds is 7. The van der Waals surface area contributed by atoms with Crippen LogP contribution >= 0.6 is 15.9 Å². The minimum Gasteiger partial charge on any atom is -0.487 e. The highest BCUT2D eigenvalue weighted by Gasteiger charge is 2.18. The van der Waals surface area contributed by atoms with Gasteiger partial charge < -0.3 is 15.7 Å². The predicted molar refractivity (Wildman–Crippen MR) is 73.5 cm³/mol. The molecule has 0 unspecified atom stereocenters. The number of halogens is 2. The van der Waals surface area contributed by atoms with E-state index in [-0.39, 0.29) is 28.4 Å². The summed E-state index contributed by atoms with van der Waals surface area (Å²) in [6.07, 6.45) is 1.50. The van der Waals surface area contributed by atoms with E-state index in [0.717, 1.165) is 12.1 Å². The van der Waals surface area contributed by atoms with Crippen LogP contribution in [0.2, 0.25) is 0 Å². The first-order valence-electron chi connectivity index (χ1n) is 5.68. The summed E-state index contributed by atoms with van der Waals surface area (Å²) in [7, 11) is 0. The van der Waals surface area contributed by atoms with Crippen LogP contribution in [-0.2, 0) is 0 Å². The molecule has 7 nitrogen and oxygen atoms in total. The van der Waals surface area contributed by atoms with Gasteiger partial charge in [-0.3, -0.25) is 10.1 Å². The van der Waals surface area contributed by atoms with Crippen molar-refractivity contribution in [2.24, 2.45) is 10.9 Å². The van der Waals surface area contributed by atoms with Crippen LogP contribution < -0.4 is 10.5 Å². The van der Waals surface area contributed by atoms with Gasteiger partial charge in [0.25, 0.3) is 0 Å². The van der Waals surface area contributed by atoms with Crippen LogP contribution in [-0.4, -0.2) is 22.6 Å². The van der Waals surface area contributed by atoms with E-state index in [1.807, 2.05) is 0 Å². The molecule has 9 heteroatoms. The summed E-state index contributed by atoms with van der Waals surface area (Å²) in [5, 5.41) is 22.0. The van der Waals surface area contributed by atoms with Crippen molar-refractivity contribution in [2.75, 3.05) is 6.61 Å². The monoisotopic (exact) mass is 349 g/mol. The summed E-state index contributed by atoms with van der Waals surface area (Å²) in [6, 6.07) is 2.02. The maximum absolute atomic E-state index is 13.3. The Balaban J connectivity index is 2.59. The molecular weight excluding hydrogens is 337 g/mol. The second-order valence-electron chi connectivity index (χ2n) is 3.89. The third-order valence-corrected chi connectivity index (χ3v) is 3.02. The molecule has 0 atom stereocenters. The van der Waals surface area contributed by atoms with Crippen molar-refractivity contribution in [2.45, 2.75) is 19.3 Å². The average Bonchev–Trinajstić information content (AvgIpc) is 2.41. The van der Waals surface area contributed by atoms with Crippen LogP contribution in [0.15, 0.2) is 21.8 Å². The molecule has 0 aliphatic rings. The first kappa shape index (κ1) is 16.2. The molecule has 0 aliphatic carbocycles. The van der Waals surface area contributed by atoms with Crippen LogP contribution in [0.25, 0.3) is 0 Å². The van der Waals surface area contributed by atoms with Gasteiger partial charge in [-0.2, -0.15) is 0 Å². The maximum Gasteiger partial charge on any atom is 0.312 e. The highest BCUT2D eigenvalue weighted by atomic mass is 79.9. The fourth-order valence-corrected chi connectivity index (χ4v) is 1.75. The van der Waals surface area contributed by atoms with Crippen molar-refractivity contribution < 1.29 is 19.3 Å². The molecule has 0 heterocycles. The number of oxime groups is 1. The van der Waals surface area contributed by atoms with Crippen molar-refractivity contribution in [3.63, 3.8) is 0 Å². The van der Waals surface area contributed by atoms with Crippen LogP contribution in [0.5, 0.6) is 5.75 Å². The van der Waals surface area contributed by atoms with Crippen molar-refractivity contribution in [1.29, 1.82) is 0 Å². The molecular formula is C11H13BrFN3O4. The lowest BCUT2D eigenvalue weighted by molar-refractivity contribution is -0.386. The fraction of sp³-hybridized carbons (Fsp3) is 0.364. The van der Waals surface area contributed by atoms with Crippen molar-refractivity contribution in [3.8, 4) is 5.75 Å². The van der Waals surface area contributed by atoms with Gasteiger partial charge in [-0.1, -0.05) is 5.16 Å². The quantitative estimate of drug-likeness (QED) is 0.196. The maximum atomic E-state index is 13.3. The van der Waals surface area contributed by atoms with E-state index in [4.69, 9.17) is 15.7 Å². The van der Waals surface area contributed by atoms with Crippen molar-refractivity contribution in [1.82, 2.24) is 0 Å². The fourth-order valence-electron chi connectivity index (χ4n) is 1.42. The van der Waals surface area contributed by atoms with Crippen molar-refractivity contribution in [3.05, 3.63) is 32.5 Å². The van der Waals surface area contributed by atoms with Gasteiger partial charge in [0.1, 0.15) is 11.7 Å². The van der Waals surface area contributed by atoms with E-state index in [1.165, 1.54) is 0 Å². The number of nitrogens with two attached hydrogens (primary N) is 1. The number of nitro groups is 1. The molecule has 0 radical (unpaired) electrons.